The van der Waals surface area contributed by atoms with E-state index in [1.807, 2.05) is 32.9 Å². The van der Waals surface area contributed by atoms with E-state index in [-0.39, 0.29) is 37.4 Å². The van der Waals surface area contributed by atoms with E-state index in [2.05, 4.69) is 5.32 Å². The van der Waals surface area contributed by atoms with Crippen LogP contribution in [0.3, 0.4) is 0 Å². The molecule has 1 aliphatic rings. The fourth-order valence-electron chi connectivity index (χ4n) is 5.11. The Bertz CT molecular complexity index is 1280. The standard InChI is InChI=1S/C29H39Cl2N3O4S/c1-5-26(29(36)32-24-11-6-7-12-24)33(19-22-15-16-23(30)18-25(22)31)28(35)14-9-17-34(39(4,37)38)27-13-8-10-20(2)21(27)3/h8,10,13,15-16,18,24,26H,5-7,9,11-12,14,17,19H2,1-4H3,(H,32,36). The van der Waals surface area contributed by atoms with Crippen LogP contribution >= 0.6 is 23.2 Å². The number of aryl methyl sites for hydroxylation is 1. The van der Waals surface area contributed by atoms with Gasteiger partial charge in [0.25, 0.3) is 0 Å². The van der Waals surface area contributed by atoms with Gasteiger partial charge >= 0.3 is 0 Å². The van der Waals surface area contributed by atoms with Gasteiger partial charge in [0.1, 0.15) is 6.04 Å². The van der Waals surface area contributed by atoms with E-state index in [1.54, 1.807) is 29.2 Å². The first-order valence-electron chi connectivity index (χ1n) is 13.5. The molecule has 0 saturated heterocycles. The van der Waals surface area contributed by atoms with Crippen LogP contribution in [0.15, 0.2) is 36.4 Å². The van der Waals surface area contributed by atoms with Gasteiger partial charge in [0.05, 0.1) is 11.9 Å². The van der Waals surface area contributed by atoms with Gasteiger partial charge in [-0.15, -0.1) is 0 Å². The molecule has 7 nitrogen and oxygen atoms in total. The van der Waals surface area contributed by atoms with Gasteiger partial charge in [-0.2, -0.15) is 0 Å². The SMILES string of the molecule is CCC(C(=O)NC1CCCC1)N(Cc1ccc(Cl)cc1Cl)C(=O)CCCN(c1cccc(C)c1C)S(C)(=O)=O. The van der Waals surface area contributed by atoms with Crippen LogP contribution < -0.4 is 9.62 Å². The Hall–Kier alpha value is -2.29. The normalized spacial score (nSPS) is 14.7. The minimum Gasteiger partial charge on any atom is -0.352 e. The summed E-state index contributed by atoms with van der Waals surface area (Å²) < 4.78 is 26.7. The summed E-state index contributed by atoms with van der Waals surface area (Å²) in [5, 5.41) is 4.03. The van der Waals surface area contributed by atoms with Crippen LogP contribution in [0, 0.1) is 13.8 Å². The molecule has 214 valence electrons. The predicted octanol–water partition coefficient (Wildman–Crippen LogP) is 6.02. The smallest absolute Gasteiger partial charge is 0.243 e. The minimum atomic E-state index is -3.57. The van der Waals surface area contributed by atoms with Crippen molar-refractivity contribution >= 4 is 50.7 Å². The van der Waals surface area contributed by atoms with Gasteiger partial charge in [0, 0.05) is 35.6 Å². The molecule has 2 aromatic rings. The number of benzene rings is 2. The summed E-state index contributed by atoms with van der Waals surface area (Å²) in [6, 6.07) is 10.1. The zero-order valence-corrected chi connectivity index (χ0v) is 25.5. The molecule has 0 bridgehead atoms. The Kier molecular flexibility index (Phi) is 11.1. The number of hydrogen-bond donors (Lipinski definition) is 1. The average molecular weight is 597 g/mol. The second-order valence-electron chi connectivity index (χ2n) is 10.3. The van der Waals surface area contributed by atoms with Gasteiger partial charge in [-0.1, -0.05) is 61.2 Å². The topological polar surface area (TPSA) is 86.8 Å². The van der Waals surface area contributed by atoms with Crippen molar-refractivity contribution < 1.29 is 18.0 Å². The molecule has 0 aliphatic heterocycles. The Morgan fingerprint density at radius 3 is 2.41 bits per heavy atom. The van der Waals surface area contributed by atoms with Crippen LogP contribution in [0.4, 0.5) is 5.69 Å². The van der Waals surface area contributed by atoms with Crippen LogP contribution in [0.5, 0.6) is 0 Å². The first-order valence-corrected chi connectivity index (χ1v) is 16.1. The first-order chi connectivity index (χ1) is 18.4. The Morgan fingerprint density at radius 1 is 1.10 bits per heavy atom. The monoisotopic (exact) mass is 595 g/mol. The van der Waals surface area contributed by atoms with E-state index < -0.39 is 16.1 Å². The molecule has 0 heterocycles. The molecule has 3 rings (SSSR count). The average Bonchev–Trinajstić information content (AvgIpc) is 3.37. The number of anilines is 1. The van der Waals surface area contributed by atoms with Crippen LogP contribution in [0.25, 0.3) is 0 Å². The molecule has 0 radical (unpaired) electrons. The third kappa shape index (κ3) is 8.35. The first kappa shape index (κ1) is 31.2. The highest BCUT2D eigenvalue weighted by atomic mass is 35.5. The molecular formula is C29H39Cl2N3O4S. The Morgan fingerprint density at radius 2 is 1.79 bits per heavy atom. The van der Waals surface area contributed by atoms with Crippen molar-refractivity contribution in [3.63, 3.8) is 0 Å². The van der Waals surface area contributed by atoms with Gasteiger partial charge in [-0.3, -0.25) is 13.9 Å². The van der Waals surface area contributed by atoms with Gasteiger partial charge in [0.2, 0.25) is 21.8 Å². The maximum Gasteiger partial charge on any atom is 0.243 e. The highest BCUT2D eigenvalue weighted by Gasteiger charge is 2.31. The number of carbonyl (C=O) groups excluding carboxylic acids is 2. The molecule has 2 amide bonds. The third-order valence-electron chi connectivity index (χ3n) is 7.44. The lowest BCUT2D eigenvalue weighted by molar-refractivity contribution is -0.141. The van der Waals surface area contributed by atoms with Crippen molar-refractivity contribution in [1.29, 1.82) is 0 Å². The predicted molar refractivity (Wildman–Crippen MR) is 159 cm³/mol. The van der Waals surface area contributed by atoms with Crippen molar-refractivity contribution in [2.75, 3.05) is 17.1 Å². The molecule has 1 atom stereocenters. The Labute approximate surface area is 242 Å². The lowest BCUT2D eigenvalue weighted by Gasteiger charge is -2.32. The second kappa shape index (κ2) is 13.9. The number of amides is 2. The summed E-state index contributed by atoms with van der Waals surface area (Å²) >= 11 is 12.5. The van der Waals surface area contributed by atoms with E-state index >= 15 is 0 Å². The molecule has 10 heteroatoms. The molecule has 39 heavy (non-hydrogen) atoms. The molecule has 1 saturated carbocycles. The quantitative estimate of drug-likeness (QED) is 0.325. The van der Waals surface area contributed by atoms with Crippen molar-refractivity contribution in [2.45, 2.75) is 84.3 Å². The summed E-state index contributed by atoms with van der Waals surface area (Å²) in [5.41, 5.74) is 3.16. The molecule has 1 aliphatic carbocycles. The van der Waals surface area contributed by atoms with Gasteiger partial charge in [-0.05, 0) is 74.4 Å². The zero-order valence-electron chi connectivity index (χ0n) is 23.2. The highest BCUT2D eigenvalue weighted by Crippen LogP contribution is 2.27. The van der Waals surface area contributed by atoms with E-state index in [0.717, 1.165) is 36.8 Å². The third-order valence-corrected chi connectivity index (χ3v) is 9.21. The number of halogens is 2. The van der Waals surface area contributed by atoms with Crippen LogP contribution in [0.2, 0.25) is 10.0 Å². The lowest BCUT2D eigenvalue weighted by atomic mass is 10.1. The zero-order chi connectivity index (χ0) is 28.7. The van der Waals surface area contributed by atoms with Gasteiger partial charge < -0.3 is 10.2 Å². The van der Waals surface area contributed by atoms with E-state index in [9.17, 15) is 18.0 Å². The summed E-state index contributed by atoms with van der Waals surface area (Å²) in [5.74, 6) is -0.403. The minimum absolute atomic E-state index is 0.0787. The van der Waals surface area contributed by atoms with Crippen molar-refractivity contribution in [3.05, 3.63) is 63.1 Å². The number of hydrogen-bond acceptors (Lipinski definition) is 4. The summed E-state index contributed by atoms with van der Waals surface area (Å²) in [4.78, 5) is 28.6. The summed E-state index contributed by atoms with van der Waals surface area (Å²) in [6.07, 6.45) is 6.04. The summed E-state index contributed by atoms with van der Waals surface area (Å²) in [6.45, 7) is 6.01. The fourth-order valence-corrected chi connectivity index (χ4v) is 6.59. The van der Waals surface area contributed by atoms with Crippen LogP contribution in [-0.4, -0.2) is 50.0 Å². The van der Waals surface area contributed by atoms with Crippen LogP contribution in [-0.2, 0) is 26.2 Å². The van der Waals surface area contributed by atoms with Crippen molar-refractivity contribution in [2.24, 2.45) is 0 Å². The second-order valence-corrected chi connectivity index (χ2v) is 13.1. The maximum absolute atomic E-state index is 13.7. The number of carbonyl (C=O) groups is 2. The molecule has 0 aromatic heterocycles. The highest BCUT2D eigenvalue weighted by molar-refractivity contribution is 7.92. The van der Waals surface area contributed by atoms with Gasteiger partial charge in [0.15, 0.2) is 0 Å². The fraction of sp³-hybridized carbons (Fsp3) is 0.517. The number of nitrogens with one attached hydrogen (secondary N) is 1. The molecule has 1 fully saturated rings. The van der Waals surface area contributed by atoms with E-state index in [4.69, 9.17) is 23.2 Å². The van der Waals surface area contributed by atoms with Gasteiger partial charge in [-0.25, -0.2) is 8.42 Å². The van der Waals surface area contributed by atoms with Crippen molar-refractivity contribution in [3.8, 4) is 0 Å². The van der Waals surface area contributed by atoms with Crippen molar-refractivity contribution in [1.82, 2.24) is 10.2 Å². The Balaban J connectivity index is 1.81. The lowest BCUT2D eigenvalue weighted by Crippen LogP contribution is -2.51. The largest absolute Gasteiger partial charge is 0.352 e. The number of sulfonamides is 1. The maximum atomic E-state index is 13.7. The molecular weight excluding hydrogens is 557 g/mol. The molecule has 0 spiro atoms. The molecule has 1 N–H and O–H groups in total. The van der Waals surface area contributed by atoms with E-state index in [1.165, 1.54) is 10.6 Å². The number of nitrogens with zero attached hydrogens (tertiary/aromatic N) is 2. The number of rotatable bonds is 12. The summed E-state index contributed by atoms with van der Waals surface area (Å²) in [7, 11) is -3.57. The molecule has 1 unspecified atom stereocenters. The van der Waals surface area contributed by atoms with E-state index in [0.29, 0.717) is 34.1 Å². The molecule has 2 aromatic carbocycles. The van der Waals surface area contributed by atoms with Crippen LogP contribution in [0.1, 0.15) is 68.6 Å².